The predicted octanol–water partition coefficient (Wildman–Crippen LogP) is 2.53. The number of hydrogen-bond donors (Lipinski definition) is 4. The van der Waals surface area contributed by atoms with E-state index in [4.69, 9.17) is 10.2 Å². The van der Waals surface area contributed by atoms with Gasteiger partial charge in [0, 0.05) is 11.6 Å². The number of anilines is 1. The number of nitrogens with one attached hydrogen (secondary N) is 1. The molecule has 1 aromatic heterocycles. The number of thiazole rings is 1. The van der Waals surface area contributed by atoms with E-state index in [1.807, 2.05) is 0 Å². The lowest BCUT2D eigenvalue weighted by molar-refractivity contribution is 0.321. The molecule has 1 rings (SSSR count). The van der Waals surface area contributed by atoms with Crippen LogP contribution in [0.25, 0.3) is 0 Å². The Morgan fingerprint density at radius 3 is 1.95 bits per heavy atom. The fourth-order valence-electron chi connectivity index (χ4n) is 1.05. The first kappa shape index (κ1) is 21.3. The van der Waals surface area contributed by atoms with Crippen LogP contribution in [0.3, 0.4) is 0 Å². The average molecular weight is 339 g/mol. The molecule has 0 aliphatic heterocycles. The van der Waals surface area contributed by atoms with Gasteiger partial charge in [0.1, 0.15) is 0 Å². The molecule has 0 aromatic carbocycles. The van der Waals surface area contributed by atoms with Gasteiger partial charge in [0.2, 0.25) is 0 Å². The lowest BCUT2D eigenvalue weighted by atomic mass is 10.5. The smallest absolute Gasteiger partial charge is 0.260 e. The van der Waals surface area contributed by atoms with Crippen molar-refractivity contribution in [2.24, 2.45) is 5.73 Å². The Kier molecular flexibility index (Phi) is 15.3. The monoisotopic (exact) mass is 338 g/mol. The van der Waals surface area contributed by atoms with Crippen LogP contribution < -0.4 is 11.1 Å². The summed E-state index contributed by atoms with van der Waals surface area (Å²) in [5, 5.41) is 20.2. The van der Waals surface area contributed by atoms with Crippen LogP contribution in [0, 0.1) is 0 Å². The highest BCUT2D eigenvalue weighted by molar-refractivity contribution is 7.80. The molecule has 0 amide bonds. The summed E-state index contributed by atoms with van der Waals surface area (Å²) in [6.45, 7) is 10.1. The minimum atomic E-state index is -0.500. The van der Waals surface area contributed by atoms with Gasteiger partial charge in [-0.3, -0.25) is 5.32 Å². The first-order valence-electron chi connectivity index (χ1n) is 5.97. The van der Waals surface area contributed by atoms with Gasteiger partial charge in [0.15, 0.2) is 5.13 Å². The molecule has 6 nitrogen and oxygen atoms in total. The maximum Gasteiger partial charge on any atom is 0.260 e. The zero-order chi connectivity index (χ0) is 16.0. The summed E-state index contributed by atoms with van der Waals surface area (Å²) in [6, 6.07) is 0. The average Bonchev–Trinajstić information content (AvgIpc) is 2.83. The largest absolute Gasteiger partial charge is 0.487 e. The molecule has 1 heterocycles. The zero-order valence-corrected chi connectivity index (χ0v) is 14.3. The SMILES string of the molecule is CCN(CC)CC.NC(O)=S.OC(=S)Nc1nccs1. The van der Waals surface area contributed by atoms with Crippen molar-refractivity contribution < 1.29 is 10.2 Å². The van der Waals surface area contributed by atoms with E-state index in [1.165, 1.54) is 31.0 Å². The third-order valence-electron chi connectivity index (χ3n) is 1.99. The second kappa shape index (κ2) is 14.4. The van der Waals surface area contributed by atoms with Crippen molar-refractivity contribution in [3.63, 3.8) is 0 Å². The molecule has 0 bridgehead atoms. The number of nitrogens with two attached hydrogens (primary N) is 1. The maximum atomic E-state index is 8.51. The summed E-state index contributed by atoms with van der Waals surface area (Å²) in [5.74, 6) is 0. The Morgan fingerprint density at radius 2 is 1.75 bits per heavy atom. The van der Waals surface area contributed by atoms with Gasteiger partial charge >= 0.3 is 0 Å². The summed E-state index contributed by atoms with van der Waals surface area (Å²) >= 11 is 9.61. The lowest BCUT2D eigenvalue weighted by Gasteiger charge is -2.13. The molecule has 0 aliphatic carbocycles. The number of hydrogen-bond acceptors (Lipinski definition) is 5. The number of thiocarbonyl (C=S) groups is 2. The molecule has 1 aromatic rings. The van der Waals surface area contributed by atoms with Crippen LogP contribution in [0.1, 0.15) is 20.8 Å². The zero-order valence-electron chi connectivity index (χ0n) is 11.9. The van der Waals surface area contributed by atoms with Gasteiger partial charge in [0.25, 0.3) is 10.3 Å². The molecule has 5 N–H and O–H groups in total. The van der Waals surface area contributed by atoms with E-state index < -0.39 is 5.17 Å². The molecule has 0 spiro atoms. The number of rotatable bonds is 4. The van der Waals surface area contributed by atoms with Gasteiger partial charge in [0.05, 0.1) is 0 Å². The van der Waals surface area contributed by atoms with E-state index in [2.05, 4.69) is 66.1 Å². The van der Waals surface area contributed by atoms with E-state index in [0.717, 1.165) is 0 Å². The Labute approximate surface area is 134 Å². The van der Waals surface area contributed by atoms with Crippen LogP contribution >= 0.6 is 35.8 Å². The van der Waals surface area contributed by atoms with Gasteiger partial charge in [-0.15, -0.1) is 11.3 Å². The third kappa shape index (κ3) is 17.0. The van der Waals surface area contributed by atoms with Crippen LogP contribution in [-0.4, -0.2) is 50.1 Å². The van der Waals surface area contributed by atoms with Gasteiger partial charge in [-0.2, -0.15) is 0 Å². The van der Waals surface area contributed by atoms with E-state index in [1.54, 1.807) is 11.6 Å². The molecule has 0 saturated heterocycles. The molecule has 0 atom stereocenters. The molecular weight excluding hydrogens is 316 g/mol. The van der Waals surface area contributed by atoms with E-state index in [0.29, 0.717) is 5.13 Å². The van der Waals surface area contributed by atoms with Crippen molar-refractivity contribution in [1.29, 1.82) is 0 Å². The van der Waals surface area contributed by atoms with Crippen LogP contribution in [0.15, 0.2) is 11.6 Å². The predicted molar refractivity (Wildman–Crippen MR) is 93.8 cm³/mol. The second-order valence-electron chi connectivity index (χ2n) is 3.23. The van der Waals surface area contributed by atoms with E-state index in [-0.39, 0.29) is 5.17 Å². The molecule has 0 aliphatic rings. The molecule has 0 saturated carbocycles. The first-order valence-corrected chi connectivity index (χ1v) is 7.67. The van der Waals surface area contributed by atoms with Crippen LogP contribution in [0.4, 0.5) is 5.13 Å². The van der Waals surface area contributed by atoms with Gasteiger partial charge in [-0.1, -0.05) is 20.8 Å². The number of aliphatic hydroxyl groups excluding tert-OH is 2. The minimum Gasteiger partial charge on any atom is -0.487 e. The summed E-state index contributed by atoms with van der Waals surface area (Å²) < 4.78 is 0. The first-order chi connectivity index (χ1) is 9.37. The third-order valence-corrected chi connectivity index (χ3v) is 2.78. The fraction of sp³-hybridized carbons (Fsp3) is 0.545. The van der Waals surface area contributed by atoms with Gasteiger partial charge < -0.3 is 20.8 Å². The lowest BCUT2D eigenvalue weighted by Crippen LogP contribution is -2.21. The Morgan fingerprint density at radius 1 is 1.30 bits per heavy atom. The molecule has 0 fully saturated rings. The number of nitrogens with zero attached hydrogens (tertiary/aromatic N) is 2. The Hall–Kier alpha value is -1.03. The highest BCUT2D eigenvalue weighted by atomic mass is 32.1. The van der Waals surface area contributed by atoms with Crippen molar-refractivity contribution in [3.05, 3.63) is 11.6 Å². The fourth-order valence-corrected chi connectivity index (χ4v) is 1.74. The van der Waals surface area contributed by atoms with Crippen LogP contribution in [-0.2, 0) is 0 Å². The molecule has 9 heteroatoms. The van der Waals surface area contributed by atoms with Gasteiger partial charge in [-0.25, -0.2) is 4.98 Å². The normalized spacial score (nSPS) is 8.80. The topological polar surface area (TPSA) is 94.6 Å². The molecule has 0 radical (unpaired) electrons. The summed E-state index contributed by atoms with van der Waals surface area (Å²) in [6.07, 6.45) is 1.63. The summed E-state index contributed by atoms with van der Waals surface area (Å²) in [5.41, 5.74) is 4.40. The molecule has 20 heavy (non-hydrogen) atoms. The number of aliphatic hydroxyl groups is 2. The quantitative estimate of drug-likeness (QED) is 0.622. The van der Waals surface area contributed by atoms with Crippen molar-refractivity contribution in [1.82, 2.24) is 9.88 Å². The molecule has 116 valence electrons. The molecular formula is C11H22N4O2S3. The van der Waals surface area contributed by atoms with E-state index in [9.17, 15) is 0 Å². The maximum absolute atomic E-state index is 8.51. The Bertz CT molecular complexity index is 347. The summed E-state index contributed by atoms with van der Waals surface area (Å²) in [4.78, 5) is 6.19. The van der Waals surface area contributed by atoms with Crippen LogP contribution in [0.2, 0.25) is 0 Å². The highest BCUT2D eigenvalue weighted by Crippen LogP contribution is 2.09. The minimum absolute atomic E-state index is 0.245. The standard InChI is InChI=1S/C6H15N.C4H4N2OS2.CH3NOS/c1-4-7(5-2)6-3;7-4(8)6-3-5-1-2-9-3;2-1(3)4/h4-6H2,1-3H3;1-2H,(H2,5,6,7,8);(H3,2,3,4). The van der Waals surface area contributed by atoms with Crippen molar-refractivity contribution >= 4 is 51.3 Å². The number of aromatic nitrogens is 1. The second-order valence-corrected chi connectivity index (χ2v) is 4.92. The van der Waals surface area contributed by atoms with Crippen molar-refractivity contribution in [3.8, 4) is 0 Å². The van der Waals surface area contributed by atoms with Crippen molar-refractivity contribution in [2.75, 3.05) is 25.0 Å². The highest BCUT2D eigenvalue weighted by Gasteiger charge is 1.93. The van der Waals surface area contributed by atoms with E-state index >= 15 is 0 Å². The van der Waals surface area contributed by atoms with Gasteiger partial charge in [-0.05, 0) is 44.1 Å². The molecule has 0 unspecified atom stereocenters. The van der Waals surface area contributed by atoms with Crippen molar-refractivity contribution in [2.45, 2.75) is 20.8 Å². The Balaban J connectivity index is 0. The summed E-state index contributed by atoms with van der Waals surface area (Å²) in [7, 11) is 0. The van der Waals surface area contributed by atoms with Crippen LogP contribution in [0.5, 0.6) is 0 Å².